The van der Waals surface area contributed by atoms with E-state index in [4.69, 9.17) is 9.47 Å². The van der Waals surface area contributed by atoms with Gasteiger partial charge in [-0.2, -0.15) is 0 Å². The van der Waals surface area contributed by atoms with Crippen molar-refractivity contribution in [1.82, 2.24) is 10.2 Å². The van der Waals surface area contributed by atoms with Gasteiger partial charge < -0.3 is 29.9 Å². The van der Waals surface area contributed by atoms with E-state index in [0.717, 1.165) is 22.3 Å². The normalized spacial score (nSPS) is 19.9. The van der Waals surface area contributed by atoms with E-state index in [2.05, 4.69) is 5.32 Å². The van der Waals surface area contributed by atoms with Crippen molar-refractivity contribution in [3.8, 4) is 11.1 Å². The van der Waals surface area contributed by atoms with E-state index in [1.165, 1.54) is 12.0 Å². The number of aliphatic hydroxyl groups excluding tert-OH is 1. The number of likely N-dealkylation sites (tertiary alicyclic amines) is 1. The van der Waals surface area contributed by atoms with Gasteiger partial charge >= 0.3 is 12.1 Å². The van der Waals surface area contributed by atoms with Crippen molar-refractivity contribution in [2.45, 2.75) is 30.4 Å². The average Bonchev–Trinajstić information content (AvgIpc) is 3.42. The number of aliphatic hydroxyl groups is 1. The first kappa shape index (κ1) is 23.7. The fourth-order valence-corrected chi connectivity index (χ4v) is 4.77. The van der Waals surface area contributed by atoms with Crippen LogP contribution in [0.3, 0.4) is 0 Å². The third kappa shape index (κ3) is 4.62. The Kier molecular flexibility index (Phi) is 6.85. The molecule has 1 aliphatic heterocycles. The van der Waals surface area contributed by atoms with E-state index in [-0.39, 0.29) is 32.2 Å². The van der Waals surface area contributed by atoms with Crippen LogP contribution in [0, 0.1) is 0 Å². The summed E-state index contributed by atoms with van der Waals surface area (Å²) in [5.41, 5.74) is 3.39. The summed E-state index contributed by atoms with van der Waals surface area (Å²) in [5, 5.41) is 21.3. The van der Waals surface area contributed by atoms with Gasteiger partial charge in [0.2, 0.25) is 5.91 Å². The Balaban J connectivity index is 1.42. The van der Waals surface area contributed by atoms with E-state index in [9.17, 15) is 24.6 Å². The Morgan fingerprint density at radius 1 is 1.12 bits per heavy atom. The summed E-state index contributed by atoms with van der Waals surface area (Å²) in [4.78, 5) is 38.4. The fraction of sp³-hybridized carbons (Fsp3) is 0.400. The van der Waals surface area contributed by atoms with Crippen LogP contribution < -0.4 is 5.32 Å². The van der Waals surface area contributed by atoms with Crippen molar-refractivity contribution in [2.24, 2.45) is 0 Å². The first-order valence-corrected chi connectivity index (χ1v) is 11.2. The van der Waals surface area contributed by atoms with Crippen molar-refractivity contribution in [3.05, 3.63) is 59.7 Å². The Morgan fingerprint density at radius 2 is 1.74 bits per heavy atom. The number of benzene rings is 2. The lowest BCUT2D eigenvalue weighted by molar-refractivity contribution is -0.142. The van der Waals surface area contributed by atoms with E-state index in [1.54, 1.807) is 0 Å². The molecule has 2 aromatic carbocycles. The number of methoxy groups -OCH3 is 1. The maximum absolute atomic E-state index is 13.0. The lowest BCUT2D eigenvalue weighted by Crippen LogP contribution is -2.50. The van der Waals surface area contributed by atoms with Gasteiger partial charge in [0, 0.05) is 19.6 Å². The molecule has 0 spiro atoms. The number of ether oxygens (including phenoxy) is 2. The molecular formula is C25H28N2O7. The average molecular weight is 469 g/mol. The number of nitrogens with zero attached hydrogens (tertiary/aromatic N) is 1. The lowest BCUT2D eigenvalue weighted by atomic mass is 9.98. The molecule has 0 radical (unpaired) electrons. The van der Waals surface area contributed by atoms with Crippen molar-refractivity contribution in [2.75, 3.05) is 33.4 Å². The molecule has 1 heterocycles. The molecule has 9 heteroatoms. The minimum Gasteiger partial charge on any atom is -0.481 e. The van der Waals surface area contributed by atoms with Gasteiger partial charge in [0.05, 0.1) is 19.6 Å². The number of hydrogen-bond donors (Lipinski definition) is 3. The number of carbonyl (C=O) groups is 3. The molecule has 0 bridgehead atoms. The van der Waals surface area contributed by atoms with Crippen LogP contribution in [0.15, 0.2) is 48.5 Å². The molecule has 2 amide bonds. The number of nitrogens with one attached hydrogen (secondary N) is 1. The van der Waals surface area contributed by atoms with Gasteiger partial charge in [-0.15, -0.1) is 0 Å². The van der Waals surface area contributed by atoms with E-state index >= 15 is 0 Å². The number of fused-ring (bicyclic) bond motifs is 3. The summed E-state index contributed by atoms with van der Waals surface area (Å²) in [5.74, 6) is -1.93. The van der Waals surface area contributed by atoms with Crippen molar-refractivity contribution in [3.63, 3.8) is 0 Å². The Bertz CT molecular complexity index is 1040. The lowest BCUT2D eigenvalue weighted by Gasteiger charge is -2.27. The molecule has 34 heavy (non-hydrogen) atoms. The highest BCUT2D eigenvalue weighted by Gasteiger charge is 2.42. The van der Waals surface area contributed by atoms with Crippen LogP contribution in [0.4, 0.5) is 4.79 Å². The number of carboxylic acids is 1. The van der Waals surface area contributed by atoms with E-state index in [0.29, 0.717) is 6.42 Å². The van der Waals surface area contributed by atoms with Gasteiger partial charge in [0.15, 0.2) is 0 Å². The zero-order chi connectivity index (χ0) is 24.3. The molecule has 2 atom stereocenters. The molecule has 4 rings (SSSR count). The van der Waals surface area contributed by atoms with Gasteiger partial charge in [0.1, 0.15) is 18.2 Å². The van der Waals surface area contributed by atoms with Crippen molar-refractivity contribution < 1.29 is 34.1 Å². The second kappa shape index (κ2) is 9.82. The van der Waals surface area contributed by atoms with Crippen LogP contribution in [-0.2, 0) is 19.1 Å². The molecule has 1 aliphatic carbocycles. The molecule has 1 fully saturated rings. The highest BCUT2D eigenvalue weighted by molar-refractivity contribution is 5.89. The van der Waals surface area contributed by atoms with Gasteiger partial charge in [-0.3, -0.25) is 9.59 Å². The number of amides is 2. The van der Waals surface area contributed by atoms with Gasteiger partial charge in [0.25, 0.3) is 0 Å². The highest BCUT2D eigenvalue weighted by atomic mass is 16.5. The monoisotopic (exact) mass is 468 g/mol. The Hall–Kier alpha value is -3.43. The first-order chi connectivity index (χ1) is 16.4. The smallest absolute Gasteiger partial charge is 0.407 e. The minimum atomic E-state index is -1.29. The molecule has 2 aliphatic rings. The summed E-state index contributed by atoms with van der Waals surface area (Å²) in [6.07, 6.45) is -1.03. The standard InChI is InChI=1S/C25H28N2O7/c1-33-25(15-28)10-11-27(14-25)23(31)21(12-22(29)30)26-24(32)34-13-20-18-8-4-2-6-16(18)17-7-3-5-9-19(17)20/h2-9,20-21,28H,10-15H2,1H3,(H,26,32)(H,29,30). The number of hydrogen-bond acceptors (Lipinski definition) is 6. The van der Waals surface area contributed by atoms with Gasteiger partial charge in [-0.1, -0.05) is 48.5 Å². The highest BCUT2D eigenvalue weighted by Crippen LogP contribution is 2.44. The number of aliphatic carboxylic acids is 1. The zero-order valence-electron chi connectivity index (χ0n) is 18.9. The van der Waals surface area contributed by atoms with Crippen LogP contribution in [0.2, 0.25) is 0 Å². The Morgan fingerprint density at radius 3 is 2.26 bits per heavy atom. The maximum atomic E-state index is 13.0. The predicted octanol–water partition coefficient (Wildman–Crippen LogP) is 1.98. The summed E-state index contributed by atoms with van der Waals surface area (Å²) in [6, 6.07) is 14.5. The predicted molar refractivity (Wildman–Crippen MR) is 122 cm³/mol. The fourth-order valence-electron chi connectivity index (χ4n) is 4.77. The van der Waals surface area contributed by atoms with Crippen molar-refractivity contribution >= 4 is 18.0 Å². The minimum absolute atomic E-state index is 0.0505. The zero-order valence-corrected chi connectivity index (χ0v) is 18.9. The molecule has 1 saturated heterocycles. The van der Waals surface area contributed by atoms with E-state index < -0.39 is 36.0 Å². The molecule has 2 aromatic rings. The van der Waals surface area contributed by atoms with Crippen molar-refractivity contribution in [1.29, 1.82) is 0 Å². The second-order valence-electron chi connectivity index (χ2n) is 8.68. The molecule has 0 saturated carbocycles. The van der Waals surface area contributed by atoms with Crippen LogP contribution in [-0.4, -0.2) is 78.1 Å². The maximum Gasteiger partial charge on any atom is 0.407 e. The number of alkyl carbamates (subject to hydrolysis) is 1. The summed E-state index contributed by atoms with van der Waals surface area (Å²) < 4.78 is 10.8. The first-order valence-electron chi connectivity index (χ1n) is 11.2. The summed E-state index contributed by atoms with van der Waals surface area (Å²) >= 11 is 0. The quantitative estimate of drug-likeness (QED) is 0.541. The molecule has 3 N–H and O–H groups in total. The number of rotatable bonds is 8. The molecule has 180 valence electrons. The third-order valence-electron chi connectivity index (χ3n) is 6.66. The SMILES string of the molecule is COC1(CO)CCN(C(=O)C(CC(=O)O)NC(=O)OCC2c3ccccc3-c3ccccc32)C1. The van der Waals surface area contributed by atoms with E-state index in [1.807, 2.05) is 48.5 Å². The Labute approximate surface area is 197 Å². The largest absolute Gasteiger partial charge is 0.481 e. The van der Waals surface area contributed by atoms with Gasteiger partial charge in [-0.05, 0) is 28.7 Å². The molecule has 0 aromatic heterocycles. The van der Waals surface area contributed by atoms with Gasteiger partial charge in [-0.25, -0.2) is 4.79 Å². The molecular weight excluding hydrogens is 440 g/mol. The number of carboxylic acid groups (broad SMARTS) is 1. The topological polar surface area (TPSA) is 125 Å². The molecule has 2 unspecified atom stereocenters. The van der Waals surface area contributed by atoms with Crippen LogP contribution >= 0.6 is 0 Å². The third-order valence-corrected chi connectivity index (χ3v) is 6.66. The van der Waals surface area contributed by atoms with Crippen LogP contribution in [0.1, 0.15) is 29.9 Å². The van der Waals surface area contributed by atoms with Crippen LogP contribution in [0.5, 0.6) is 0 Å². The molecule has 9 nitrogen and oxygen atoms in total. The summed E-state index contributed by atoms with van der Waals surface area (Å²) in [6.45, 7) is 0.183. The number of carbonyl (C=O) groups excluding carboxylic acids is 2. The van der Waals surface area contributed by atoms with Crippen LogP contribution in [0.25, 0.3) is 11.1 Å². The summed E-state index contributed by atoms with van der Waals surface area (Å²) in [7, 11) is 1.45. The second-order valence-corrected chi connectivity index (χ2v) is 8.68.